The van der Waals surface area contributed by atoms with Crippen LogP contribution in [0.25, 0.3) is 0 Å². The van der Waals surface area contributed by atoms with Gasteiger partial charge in [0, 0.05) is 11.4 Å². The first-order valence-corrected chi connectivity index (χ1v) is 11.9. The molecule has 32 heavy (non-hydrogen) atoms. The van der Waals surface area contributed by atoms with Crippen molar-refractivity contribution in [1.82, 2.24) is 0 Å². The smallest absolute Gasteiger partial charge is 0.265 e. The van der Waals surface area contributed by atoms with Gasteiger partial charge in [-0.05, 0) is 92.4 Å². The summed E-state index contributed by atoms with van der Waals surface area (Å²) >= 11 is 0. The first-order chi connectivity index (χ1) is 15.2. The first-order valence-electron chi connectivity index (χ1n) is 10.4. The predicted molar refractivity (Wildman–Crippen MR) is 128 cm³/mol. The highest BCUT2D eigenvalue weighted by Crippen LogP contribution is 2.21. The van der Waals surface area contributed by atoms with Gasteiger partial charge in [0.2, 0.25) is 0 Å². The molecule has 0 fully saturated rings. The molecule has 0 aliphatic carbocycles. The number of ether oxygens (including phenoxy) is 1. The molecule has 3 aromatic rings. The standard InChI is InChI=1S/C25H28N2O4S/c1-5-24(31-22-12-9-18(3)19(4)16-22)25(28)26-20-10-13-23(14-11-20)32(29,30)27-21-8-6-7-17(2)15-21/h6-16,24,27H,5H2,1-4H3,(H,26,28)/t24-/m0/s1. The molecule has 0 aliphatic rings. The van der Waals surface area contributed by atoms with E-state index in [2.05, 4.69) is 10.0 Å². The summed E-state index contributed by atoms with van der Waals surface area (Å²) in [4.78, 5) is 12.8. The quantitative estimate of drug-likeness (QED) is 0.491. The van der Waals surface area contributed by atoms with Gasteiger partial charge in [0.05, 0.1) is 4.90 Å². The molecule has 1 atom stereocenters. The molecule has 1 amide bonds. The Bertz CT molecular complexity index is 1200. The van der Waals surface area contributed by atoms with E-state index in [4.69, 9.17) is 4.74 Å². The number of carbonyl (C=O) groups is 1. The monoisotopic (exact) mass is 452 g/mol. The zero-order valence-corrected chi connectivity index (χ0v) is 19.5. The fraction of sp³-hybridized carbons (Fsp3) is 0.240. The number of benzene rings is 3. The van der Waals surface area contributed by atoms with Gasteiger partial charge in [-0.15, -0.1) is 0 Å². The van der Waals surface area contributed by atoms with Gasteiger partial charge in [0.25, 0.3) is 15.9 Å². The molecule has 0 aromatic heterocycles. The highest BCUT2D eigenvalue weighted by Gasteiger charge is 2.20. The maximum Gasteiger partial charge on any atom is 0.265 e. The van der Waals surface area contributed by atoms with Crippen molar-refractivity contribution < 1.29 is 17.9 Å². The van der Waals surface area contributed by atoms with Crippen LogP contribution >= 0.6 is 0 Å². The topological polar surface area (TPSA) is 84.5 Å². The Hall–Kier alpha value is -3.32. The molecule has 0 saturated carbocycles. The molecule has 0 aliphatic heterocycles. The number of rotatable bonds is 8. The largest absolute Gasteiger partial charge is 0.481 e. The lowest BCUT2D eigenvalue weighted by molar-refractivity contribution is -0.122. The number of nitrogens with one attached hydrogen (secondary N) is 2. The van der Waals surface area contributed by atoms with Gasteiger partial charge in [-0.2, -0.15) is 0 Å². The van der Waals surface area contributed by atoms with Gasteiger partial charge in [0.1, 0.15) is 5.75 Å². The molecule has 2 N–H and O–H groups in total. The molecule has 6 nitrogen and oxygen atoms in total. The van der Waals surface area contributed by atoms with Crippen LogP contribution in [0.4, 0.5) is 11.4 Å². The molecule has 0 bridgehead atoms. The average Bonchev–Trinajstić information content (AvgIpc) is 2.74. The summed E-state index contributed by atoms with van der Waals surface area (Å²) in [5.74, 6) is 0.345. The minimum absolute atomic E-state index is 0.107. The second-order valence-electron chi connectivity index (χ2n) is 7.75. The van der Waals surface area contributed by atoms with Crippen molar-refractivity contribution in [1.29, 1.82) is 0 Å². The Kier molecular flexibility index (Phi) is 7.20. The third-order valence-corrected chi connectivity index (χ3v) is 6.52. The molecule has 0 spiro atoms. The Labute approximate surface area is 189 Å². The Balaban J connectivity index is 1.67. The zero-order valence-electron chi connectivity index (χ0n) is 18.7. The Morgan fingerprint density at radius 1 is 0.906 bits per heavy atom. The lowest BCUT2D eigenvalue weighted by atomic mass is 10.1. The lowest BCUT2D eigenvalue weighted by Gasteiger charge is -2.18. The van der Waals surface area contributed by atoms with Crippen LogP contribution in [0, 0.1) is 20.8 Å². The van der Waals surface area contributed by atoms with Crippen LogP contribution in [-0.4, -0.2) is 20.4 Å². The normalized spacial score (nSPS) is 12.1. The molecule has 7 heteroatoms. The van der Waals surface area contributed by atoms with Crippen molar-refractivity contribution >= 4 is 27.3 Å². The molecule has 0 saturated heterocycles. The van der Waals surface area contributed by atoms with Crippen LogP contribution in [0.3, 0.4) is 0 Å². The SMILES string of the molecule is CC[C@H](Oc1ccc(C)c(C)c1)C(=O)Nc1ccc(S(=O)(=O)Nc2cccc(C)c2)cc1. The number of aryl methyl sites for hydroxylation is 3. The number of hydrogen-bond acceptors (Lipinski definition) is 4. The van der Waals surface area contributed by atoms with Gasteiger partial charge in [0.15, 0.2) is 6.10 Å². The highest BCUT2D eigenvalue weighted by atomic mass is 32.2. The second kappa shape index (κ2) is 9.87. The fourth-order valence-corrected chi connectivity index (χ4v) is 4.19. The number of anilines is 2. The molecular formula is C25H28N2O4S. The second-order valence-corrected chi connectivity index (χ2v) is 9.43. The van der Waals surface area contributed by atoms with Crippen LogP contribution in [-0.2, 0) is 14.8 Å². The van der Waals surface area contributed by atoms with Crippen molar-refractivity contribution in [2.75, 3.05) is 10.0 Å². The lowest BCUT2D eigenvalue weighted by Crippen LogP contribution is -2.32. The predicted octanol–water partition coefficient (Wildman–Crippen LogP) is 5.21. The molecule has 168 valence electrons. The third-order valence-electron chi connectivity index (χ3n) is 5.12. The summed E-state index contributed by atoms with van der Waals surface area (Å²) in [7, 11) is -3.73. The van der Waals surface area contributed by atoms with Crippen LogP contribution in [0.1, 0.15) is 30.0 Å². The molecule has 0 radical (unpaired) electrons. The molecular weight excluding hydrogens is 424 g/mol. The summed E-state index contributed by atoms with van der Waals surface area (Å²) in [5, 5.41) is 2.80. The van der Waals surface area contributed by atoms with E-state index in [1.165, 1.54) is 12.1 Å². The summed E-state index contributed by atoms with van der Waals surface area (Å²) in [6.45, 7) is 7.77. The summed E-state index contributed by atoms with van der Waals surface area (Å²) < 4.78 is 33.7. The number of amides is 1. The van der Waals surface area contributed by atoms with E-state index in [9.17, 15) is 13.2 Å². The van der Waals surface area contributed by atoms with Gasteiger partial charge < -0.3 is 10.1 Å². The number of carbonyl (C=O) groups excluding carboxylic acids is 1. The van der Waals surface area contributed by atoms with E-state index in [-0.39, 0.29) is 10.8 Å². The van der Waals surface area contributed by atoms with Crippen LogP contribution in [0.2, 0.25) is 0 Å². The highest BCUT2D eigenvalue weighted by molar-refractivity contribution is 7.92. The summed E-state index contributed by atoms with van der Waals surface area (Å²) in [6.07, 6.45) is -0.172. The summed E-state index contributed by atoms with van der Waals surface area (Å²) in [5.41, 5.74) is 4.19. The van der Waals surface area contributed by atoms with E-state index in [1.54, 1.807) is 30.3 Å². The third kappa shape index (κ3) is 5.88. The number of sulfonamides is 1. The van der Waals surface area contributed by atoms with E-state index in [0.717, 1.165) is 16.7 Å². The van der Waals surface area contributed by atoms with Crippen LogP contribution < -0.4 is 14.8 Å². The van der Waals surface area contributed by atoms with Crippen LogP contribution in [0.5, 0.6) is 5.75 Å². The zero-order chi connectivity index (χ0) is 23.3. The molecule has 0 heterocycles. The van der Waals surface area contributed by atoms with Crippen molar-refractivity contribution in [3.8, 4) is 5.75 Å². The van der Waals surface area contributed by atoms with Crippen molar-refractivity contribution in [3.63, 3.8) is 0 Å². The molecule has 3 rings (SSSR count). The van der Waals surface area contributed by atoms with E-state index in [1.807, 2.05) is 52.0 Å². The van der Waals surface area contributed by atoms with Crippen molar-refractivity contribution in [2.24, 2.45) is 0 Å². The average molecular weight is 453 g/mol. The van der Waals surface area contributed by atoms with Gasteiger partial charge >= 0.3 is 0 Å². The van der Waals surface area contributed by atoms with Gasteiger partial charge in [-0.25, -0.2) is 8.42 Å². The number of hydrogen-bond donors (Lipinski definition) is 2. The molecule has 3 aromatic carbocycles. The Morgan fingerprint density at radius 3 is 2.25 bits per heavy atom. The van der Waals surface area contributed by atoms with E-state index >= 15 is 0 Å². The van der Waals surface area contributed by atoms with E-state index in [0.29, 0.717) is 23.5 Å². The maximum atomic E-state index is 12.7. The maximum absolute atomic E-state index is 12.7. The summed E-state index contributed by atoms with van der Waals surface area (Å²) in [6, 6.07) is 18.9. The van der Waals surface area contributed by atoms with Crippen molar-refractivity contribution in [3.05, 3.63) is 83.4 Å². The van der Waals surface area contributed by atoms with Gasteiger partial charge in [-0.1, -0.05) is 25.1 Å². The molecule has 0 unspecified atom stereocenters. The fourth-order valence-electron chi connectivity index (χ4n) is 3.14. The first kappa shape index (κ1) is 23.3. The Morgan fingerprint density at radius 2 is 1.62 bits per heavy atom. The van der Waals surface area contributed by atoms with Gasteiger partial charge in [-0.3, -0.25) is 9.52 Å². The van der Waals surface area contributed by atoms with E-state index < -0.39 is 16.1 Å². The minimum atomic E-state index is -3.73. The van der Waals surface area contributed by atoms with Crippen LogP contribution in [0.15, 0.2) is 71.6 Å². The minimum Gasteiger partial charge on any atom is -0.481 e. The van der Waals surface area contributed by atoms with Crippen molar-refractivity contribution in [2.45, 2.75) is 45.1 Å².